The summed E-state index contributed by atoms with van der Waals surface area (Å²) in [6.45, 7) is 0. The van der Waals surface area contributed by atoms with Crippen molar-refractivity contribution in [2.24, 2.45) is 16.6 Å². The summed E-state index contributed by atoms with van der Waals surface area (Å²) in [5.74, 6) is -1.29. The van der Waals surface area contributed by atoms with Gasteiger partial charge in [-0.25, -0.2) is 0 Å². The average Bonchev–Trinajstić information content (AvgIpc) is 3.25. The van der Waals surface area contributed by atoms with E-state index in [4.69, 9.17) is 21.7 Å². The second kappa shape index (κ2) is 8.96. The van der Waals surface area contributed by atoms with Gasteiger partial charge in [-0.15, -0.1) is 0 Å². The van der Waals surface area contributed by atoms with E-state index in [2.05, 4.69) is 10.5 Å². The van der Waals surface area contributed by atoms with Gasteiger partial charge in [0.15, 0.2) is 0 Å². The maximum atomic E-state index is 13.2. The number of nitrogens with one attached hydrogen (secondary N) is 2. The lowest BCUT2D eigenvalue weighted by atomic mass is 9.89. The normalized spacial score (nSPS) is 17.0. The first-order chi connectivity index (χ1) is 15.9. The van der Waals surface area contributed by atoms with E-state index in [1.54, 1.807) is 36.4 Å². The summed E-state index contributed by atoms with van der Waals surface area (Å²) < 4.78 is 0. The zero-order valence-electron chi connectivity index (χ0n) is 17.7. The molecule has 0 saturated heterocycles. The molecule has 6 N–H and O–H groups in total. The highest BCUT2D eigenvalue weighted by Gasteiger charge is 2.48. The maximum Gasteiger partial charge on any atom is 0.272 e. The second-order valence-corrected chi connectivity index (χ2v) is 7.84. The van der Waals surface area contributed by atoms with Gasteiger partial charge in [0.05, 0.1) is 12.1 Å². The number of hydrogen-bond donors (Lipinski definition) is 4. The summed E-state index contributed by atoms with van der Waals surface area (Å²) in [7, 11) is 0. The number of hydrogen-bond acceptors (Lipinski definition) is 5. The van der Waals surface area contributed by atoms with Gasteiger partial charge in [0, 0.05) is 23.2 Å². The minimum absolute atomic E-state index is 0.0469. The molecule has 2 amide bonds. The first-order valence-electron chi connectivity index (χ1n) is 10.3. The molecule has 1 aliphatic heterocycles. The molecule has 3 aromatic rings. The number of amides is 2. The first-order valence-corrected chi connectivity index (χ1v) is 10.3. The van der Waals surface area contributed by atoms with Crippen LogP contribution >= 0.6 is 0 Å². The van der Waals surface area contributed by atoms with Crippen molar-refractivity contribution < 1.29 is 14.4 Å². The predicted octanol–water partition coefficient (Wildman–Crippen LogP) is 3.01. The lowest BCUT2D eigenvalue weighted by molar-refractivity contribution is -0.144. The van der Waals surface area contributed by atoms with Gasteiger partial charge >= 0.3 is 0 Å². The van der Waals surface area contributed by atoms with Gasteiger partial charge in [0.1, 0.15) is 5.84 Å². The third-order valence-electron chi connectivity index (χ3n) is 5.41. The highest BCUT2D eigenvalue weighted by molar-refractivity contribution is 6.10. The third kappa shape index (κ3) is 4.74. The van der Waals surface area contributed by atoms with Crippen molar-refractivity contribution >= 4 is 29.0 Å². The largest absolute Gasteiger partial charge is 0.384 e. The maximum absolute atomic E-state index is 13.2. The Kier molecular flexibility index (Phi) is 5.91. The van der Waals surface area contributed by atoms with Crippen LogP contribution in [-0.4, -0.2) is 29.0 Å². The molecular weight excluding hydrogens is 418 g/mol. The second-order valence-electron chi connectivity index (χ2n) is 7.84. The van der Waals surface area contributed by atoms with E-state index in [-0.39, 0.29) is 18.7 Å². The Hall–Kier alpha value is -4.46. The van der Waals surface area contributed by atoms with Crippen molar-refractivity contribution in [2.45, 2.75) is 18.4 Å². The van der Waals surface area contributed by atoms with Gasteiger partial charge in [-0.2, -0.15) is 0 Å². The number of nitrogens with zero attached hydrogens (tertiary/aromatic N) is 1. The highest BCUT2D eigenvalue weighted by Crippen LogP contribution is 2.32. The Morgan fingerprint density at radius 2 is 1.61 bits per heavy atom. The van der Waals surface area contributed by atoms with Crippen molar-refractivity contribution in [3.05, 3.63) is 90.0 Å². The number of amidine groups is 1. The van der Waals surface area contributed by atoms with Crippen molar-refractivity contribution in [2.75, 3.05) is 5.32 Å². The van der Waals surface area contributed by atoms with Crippen molar-refractivity contribution in [3.63, 3.8) is 0 Å². The summed E-state index contributed by atoms with van der Waals surface area (Å²) >= 11 is 0. The third-order valence-corrected chi connectivity index (χ3v) is 5.41. The number of rotatable bonds is 7. The van der Waals surface area contributed by atoms with Crippen molar-refractivity contribution in [1.82, 2.24) is 0 Å². The van der Waals surface area contributed by atoms with E-state index >= 15 is 0 Å². The van der Waals surface area contributed by atoms with Crippen LogP contribution in [0.25, 0.3) is 11.1 Å². The van der Waals surface area contributed by atoms with Crippen LogP contribution in [0.2, 0.25) is 0 Å². The molecule has 0 spiro atoms. The van der Waals surface area contributed by atoms with E-state index in [1.165, 1.54) is 0 Å². The summed E-state index contributed by atoms with van der Waals surface area (Å²) in [5, 5.41) is 14.5. The molecule has 0 bridgehead atoms. The van der Waals surface area contributed by atoms with Crippen molar-refractivity contribution in [3.8, 4) is 11.1 Å². The number of carbonyl (C=O) groups is 2. The predicted molar refractivity (Wildman–Crippen MR) is 127 cm³/mol. The molecule has 8 heteroatoms. The molecule has 0 aromatic heterocycles. The summed E-state index contributed by atoms with van der Waals surface area (Å²) in [4.78, 5) is 30.5. The number of primary amides is 1. The Morgan fingerprint density at radius 1 is 0.939 bits per heavy atom. The minimum Gasteiger partial charge on any atom is -0.384 e. The van der Waals surface area contributed by atoms with E-state index in [9.17, 15) is 9.59 Å². The highest BCUT2D eigenvalue weighted by atomic mass is 16.7. The molecular formula is C25H23N5O3. The van der Waals surface area contributed by atoms with Crippen LogP contribution in [0.5, 0.6) is 0 Å². The van der Waals surface area contributed by atoms with Crippen LogP contribution in [0.3, 0.4) is 0 Å². The molecule has 33 heavy (non-hydrogen) atoms. The summed E-state index contributed by atoms with van der Waals surface area (Å²) in [5.41, 5.74) is 13.7. The number of carbonyl (C=O) groups excluding carboxylic acids is 2. The molecule has 8 nitrogen and oxygen atoms in total. The Balaban J connectivity index is 1.53. The zero-order valence-corrected chi connectivity index (χ0v) is 17.7. The molecule has 0 radical (unpaired) electrons. The molecule has 0 fully saturated rings. The molecule has 1 aliphatic rings. The van der Waals surface area contributed by atoms with Gasteiger partial charge in [0.25, 0.3) is 5.91 Å². The van der Waals surface area contributed by atoms with E-state index in [0.717, 1.165) is 11.1 Å². The first kappa shape index (κ1) is 21.8. The number of anilines is 1. The van der Waals surface area contributed by atoms with Crippen LogP contribution in [0.4, 0.5) is 5.69 Å². The average molecular weight is 441 g/mol. The quantitative estimate of drug-likeness (QED) is 0.330. The topological polar surface area (TPSA) is 144 Å². The van der Waals surface area contributed by atoms with E-state index < -0.39 is 17.4 Å². The standard InChI is InChI=1S/C25H23N5O3/c26-22(31)15-25(14-21(30-33-25)18-7-4-8-19(13-18)23(27)28)24(32)29-20-11-9-17(10-12-20)16-5-2-1-3-6-16/h1-13H,14-15H2,(H2,26,31)(H3,27,28)(H,29,32). The molecule has 0 saturated carbocycles. The SMILES string of the molecule is N=C(N)c1cccc(C2=NOC(CC(N)=O)(C(=O)Nc3ccc(-c4ccccc4)cc3)C2)c1. The lowest BCUT2D eigenvalue weighted by Crippen LogP contribution is -2.46. The molecule has 166 valence electrons. The van der Waals surface area contributed by atoms with Crippen molar-refractivity contribution in [1.29, 1.82) is 5.41 Å². The van der Waals surface area contributed by atoms with Crippen LogP contribution in [0.1, 0.15) is 24.0 Å². The lowest BCUT2D eigenvalue weighted by Gasteiger charge is -2.24. The van der Waals surface area contributed by atoms with Gasteiger partial charge in [-0.3, -0.25) is 15.0 Å². The zero-order chi connectivity index (χ0) is 23.4. The smallest absolute Gasteiger partial charge is 0.272 e. The number of nitrogens with two attached hydrogens (primary N) is 2. The molecule has 3 aromatic carbocycles. The monoisotopic (exact) mass is 441 g/mol. The van der Waals surface area contributed by atoms with Crippen LogP contribution in [0.15, 0.2) is 84.0 Å². The Labute approximate surface area is 190 Å². The minimum atomic E-state index is -1.56. The molecule has 0 aliphatic carbocycles. The number of nitrogen functional groups attached to an aromatic ring is 1. The van der Waals surface area contributed by atoms with E-state index in [1.807, 2.05) is 42.5 Å². The fourth-order valence-corrected chi connectivity index (χ4v) is 3.70. The van der Waals surface area contributed by atoms with Gasteiger partial charge < -0.3 is 21.6 Å². The van der Waals surface area contributed by atoms with Gasteiger partial charge in [-0.05, 0) is 29.3 Å². The fraction of sp³-hybridized carbons (Fsp3) is 0.120. The summed E-state index contributed by atoms with van der Waals surface area (Å²) in [6.07, 6.45) is -0.286. The fourth-order valence-electron chi connectivity index (χ4n) is 3.70. The summed E-state index contributed by atoms with van der Waals surface area (Å²) in [6, 6.07) is 24.1. The van der Waals surface area contributed by atoms with Crippen LogP contribution < -0.4 is 16.8 Å². The van der Waals surface area contributed by atoms with Gasteiger partial charge in [-0.1, -0.05) is 65.8 Å². The Morgan fingerprint density at radius 3 is 2.27 bits per heavy atom. The van der Waals surface area contributed by atoms with E-state index in [0.29, 0.717) is 22.5 Å². The van der Waals surface area contributed by atoms with Crippen LogP contribution in [0, 0.1) is 5.41 Å². The van der Waals surface area contributed by atoms with Crippen LogP contribution in [-0.2, 0) is 14.4 Å². The molecule has 4 rings (SSSR count). The molecule has 1 atom stereocenters. The Bertz CT molecular complexity index is 1240. The number of benzene rings is 3. The molecule has 1 heterocycles. The number of oxime groups is 1. The van der Waals surface area contributed by atoms with Gasteiger partial charge in [0.2, 0.25) is 11.5 Å². The molecule has 1 unspecified atom stereocenters.